The maximum absolute atomic E-state index is 12.8. The van der Waals surface area contributed by atoms with E-state index in [1.165, 1.54) is 6.21 Å². The van der Waals surface area contributed by atoms with Gasteiger partial charge in [0.1, 0.15) is 11.5 Å². The molecule has 0 fully saturated rings. The highest BCUT2D eigenvalue weighted by molar-refractivity contribution is 5.97. The normalized spacial score (nSPS) is 12.5. The molecule has 31 heavy (non-hydrogen) atoms. The van der Waals surface area contributed by atoms with Crippen molar-refractivity contribution in [2.24, 2.45) is 5.10 Å². The smallest absolute Gasteiger partial charge is 0.271 e. The highest BCUT2D eigenvalue weighted by atomic mass is 16.3. The molecule has 3 rings (SSSR count). The fourth-order valence-corrected chi connectivity index (χ4v) is 3.48. The first kappa shape index (κ1) is 22.3. The maximum atomic E-state index is 12.8. The molecule has 162 valence electrons. The summed E-state index contributed by atoms with van der Waals surface area (Å²) in [6.45, 7) is 12.0. The number of carbonyl (C=O) groups is 1. The summed E-state index contributed by atoms with van der Waals surface area (Å²) >= 11 is 0. The Kier molecular flexibility index (Phi) is 5.81. The molecule has 0 aliphatic carbocycles. The van der Waals surface area contributed by atoms with Crippen molar-refractivity contribution in [3.05, 3.63) is 70.8 Å². The number of hydrogen-bond acceptors (Lipinski definition) is 4. The number of hydrogen-bond donors (Lipinski definition) is 3. The first-order valence-electron chi connectivity index (χ1n) is 10.3. The second-order valence-corrected chi connectivity index (χ2v) is 9.88. The van der Waals surface area contributed by atoms with Crippen molar-refractivity contribution in [2.75, 3.05) is 0 Å². The molecular formula is C26H30N2O3. The summed E-state index contributed by atoms with van der Waals surface area (Å²) in [6, 6.07) is 14.6. The number of aromatic hydroxyl groups is 2. The second-order valence-electron chi connectivity index (χ2n) is 9.88. The number of benzene rings is 3. The van der Waals surface area contributed by atoms with Crippen molar-refractivity contribution >= 4 is 22.9 Å². The zero-order chi connectivity index (χ0) is 23.0. The minimum Gasteiger partial charge on any atom is -0.507 e. The topological polar surface area (TPSA) is 81.9 Å². The fourth-order valence-electron chi connectivity index (χ4n) is 3.48. The standard InChI is InChI=1S/C26H30N2O3/c1-25(2,3)20-12-18(13-21(23(20)30)26(4,5)6)24(31)28-27-15-19-11-16-9-7-8-10-17(16)14-22(19)29/h7-15,29-30H,1-6H3,(H,28,31). The molecule has 0 radical (unpaired) electrons. The SMILES string of the molecule is CC(C)(C)c1cc(C(=O)NN=Cc2cc3ccccc3cc2O)cc(C(C)(C)C)c1O. The van der Waals surface area contributed by atoms with Crippen LogP contribution in [0.25, 0.3) is 10.8 Å². The number of nitrogens with one attached hydrogen (secondary N) is 1. The monoisotopic (exact) mass is 418 g/mol. The van der Waals surface area contributed by atoms with Crippen molar-refractivity contribution < 1.29 is 15.0 Å². The van der Waals surface area contributed by atoms with Gasteiger partial charge in [-0.1, -0.05) is 65.8 Å². The number of nitrogens with zero attached hydrogens (tertiary/aromatic N) is 1. The van der Waals surface area contributed by atoms with Crippen LogP contribution in [0.1, 0.15) is 68.6 Å². The van der Waals surface area contributed by atoms with Crippen LogP contribution in [0, 0.1) is 0 Å². The lowest BCUT2D eigenvalue weighted by atomic mass is 9.78. The molecule has 1 amide bonds. The van der Waals surface area contributed by atoms with Crippen molar-refractivity contribution in [3.8, 4) is 11.5 Å². The Bertz CT molecular complexity index is 1130. The van der Waals surface area contributed by atoms with Crippen LogP contribution in [-0.2, 0) is 10.8 Å². The van der Waals surface area contributed by atoms with Crippen molar-refractivity contribution in [2.45, 2.75) is 52.4 Å². The first-order valence-corrected chi connectivity index (χ1v) is 10.3. The molecule has 0 spiro atoms. The Hall–Kier alpha value is -3.34. The number of phenolic OH excluding ortho intramolecular Hbond substituents is 2. The van der Waals surface area contributed by atoms with E-state index in [4.69, 9.17) is 0 Å². The van der Waals surface area contributed by atoms with Gasteiger partial charge in [0.25, 0.3) is 5.91 Å². The van der Waals surface area contributed by atoms with E-state index in [2.05, 4.69) is 10.5 Å². The minimum absolute atomic E-state index is 0.0892. The Morgan fingerprint density at radius 3 is 1.90 bits per heavy atom. The predicted molar refractivity (Wildman–Crippen MR) is 126 cm³/mol. The van der Waals surface area contributed by atoms with Crippen LogP contribution in [0.15, 0.2) is 53.6 Å². The largest absolute Gasteiger partial charge is 0.507 e. The van der Waals surface area contributed by atoms with E-state index in [0.717, 1.165) is 10.8 Å². The third kappa shape index (κ3) is 4.88. The van der Waals surface area contributed by atoms with Crippen LogP contribution < -0.4 is 5.43 Å². The molecule has 5 nitrogen and oxygen atoms in total. The summed E-state index contributed by atoms with van der Waals surface area (Å²) in [5, 5.41) is 27.0. The van der Waals surface area contributed by atoms with E-state index in [-0.39, 0.29) is 28.2 Å². The van der Waals surface area contributed by atoms with E-state index in [1.54, 1.807) is 18.2 Å². The van der Waals surface area contributed by atoms with E-state index in [9.17, 15) is 15.0 Å². The van der Waals surface area contributed by atoms with E-state index < -0.39 is 0 Å². The van der Waals surface area contributed by atoms with Gasteiger partial charge >= 0.3 is 0 Å². The maximum Gasteiger partial charge on any atom is 0.271 e. The zero-order valence-electron chi connectivity index (χ0n) is 18.9. The molecule has 0 saturated carbocycles. The molecule has 0 heterocycles. The van der Waals surface area contributed by atoms with Crippen molar-refractivity contribution in [1.29, 1.82) is 0 Å². The molecule has 0 bridgehead atoms. The van der Waals surface area contributed by atoms with Crippen LogP contribution in [-0.4, -0.2) is 22.3 Å². The number of amides is 1. The van der Waals surface area contributed by atoms with Gasteiger partial charge < -0.3 is 10.2 Å². The second kappa shape index (κ2) is 8.06. The molecule has 5 heteroatoms. The third-order valence-electron chi connectivity index (χ3n) is 5.25. The minimum atomic E-state index is -0.382. The highest BCUT2D eigenvalue weighted by Crippen LogP contribution is 2.39. The Balaban J connectivity index is 1.91. The summed E-state index contributed by atoms with van der Waals surface area (Å²) in [5.41, 5.74) is 4.22. The van der Waals surface area contributed by atoms with Gasteiger partial charge in [0, 0.05) is 22.3 Å². The van der Waals surface area contributed by atoms with Crippen LogP contribution >= 0.6 is 0 Å². The Labute approximate surface area is 183 Å². The van der Waals surface area contributed by atoms with Crippen LogP contribution in [0.4, 0.5) is 0 Å². The number of phenols is 2. The van der Waals surface area contributed by atoms with Crippen LogP contribution in [0.3, 0.4) is 0 Å². The van der Waals surface area contributed by atoms with Crippen molar-refractivity contribution in [3.63, 3.8) is 0 Å². The van der Waals surface area contributed by atoms with Crippen LogP contribution in [0.2, 0.25) is 0 Å². The van der Waals surface area contributed by atoms with Gasteiger partial charge in [0.2, 0.25) is 0 Å². The average Bonchev–Trinajstić information content (AvgIpc) is 2.66. The number of rotatable bonds is 3. The van der Waals surface area contributed by atoms with Gasteiger partial charge in [0.15, 0.2) is 0 Å². The molecule has 3 aromatic carbocycles. The molecule has 3 aromatic rings. The van der Waals surface area contributed by atoms with E-state index in [0.29, 0.717) is 22.3 Å². The summed E-state index contributed by atoms with van der Waals surface area (Å²) in [4.78, 5) is 12.8. The molecular weight excluding hydrogens is 388 g/mol. The lowest BCUT2D eigenvalue weighted by Crippen LogP contribution is -2.22. The number of carbonyl (C=O) groups excluding carboxylic acids is 1. The summed E-state index contributed by atoms with van der Waals surface area (Å²) in [6.07, 6.45) is 1.43. The Morgan fingerprint density at radius 2 is 1.39 bits per heavy atom. The Morgan fingerprint density at radius 1 is 0.871 bits per heavy atom. The fraction of sp³-hybridized carbons (Fsp3) is 0.308. The molecule has 0 saturated heterocycles. The molecule has 0 aliphatic heterocycles. The quantitative estimate of drug-likeness (QED) is 0.382. The third-order valence-corrected chi connectivity index (χ3v) is 5.25. The highest BCUT2D eigenvalue weighted by Gasteiger charge is 2.27. The van der Waals surface area contributed by atoms with Gasteiger partial charge in [-0.15, -0.1) is 0 Å². The number of hydrazone groups is 1. The van der Waals surface area contributed by atoms with Gasteiger partial charge in [-0.25, -0.2) is 5.43 Å². The molecule has 0 atom stereocenters. The van der Waals surface area contributed by atoms with Gasteiger partial charge in [-0.3, -0.25) is 4.79 Å². The summed E-state index contributed by atoms with van der Waals surface area (Å²) in [7, 11) is 0. The van der Waals surface area contributed by atoms with Crippen molar-refractivity contribution in [1.82, 2.24) is 5.43 Å². The van der Waals surface area contributed by atoms with Gasteiger partial charge in [-0.2, -0.15) is 5.10 Å². The zero-order valence-corrected chi connectivity index (χ0v) is 18.9. The molecule has 0 unspecified atom stereocenters. The first-order chi connectivity index (χ1) is 14.4. The van der Waals surface area contributed by atoms with Crippen LogP contribution in [0.5, 0.6) is 11.5 Å². The van der Waals surface area contributed by atoms with E-state index in [1.807, 2.05) is 71.9 Å². The summed E-state index contributed by atoms with van der Waals surface area (Å²) in [5.74, 6) is -0.0694. The molecule has 3 N–H and O–H groups in total. The molecule has 0 aromatic heterocycles. The predicted octanol–water partition coefficient (Wildman–Crippen LogP) is 5.61. The number of fused-ring (bicyclic) bond motifs is 1. The lowest BCUT2D eigenvalue weighted by Gasteiger charge is -2.28. The molecule has 0 aliphatic rings. The summed E-state index contributed by atoms with van der Waals surface area (Å²) < 4.78 is 0. The lowest BCUT2D eigenvalue weighted by molar-refractivity contribution is 0.0955. The van der Waals surface area contributed by atoms with Gasteiger partial charge in [-0.05, 0) is 45.9 Å². The van der Waals surface area contributed by atoms with E-state index >= 15 is 0 Å². The van der Waals surface area contributed by atoms with Gasteiger partial charge in [0.05, 0.1) is 6.21 Å². The average molecular weight is 419 g/mol.